The quantitative estimate of drug-likeness (QED) is 0.423. The van der Waals surface area contributed by atoms with Crippen molar-refractivity contribution in [3.8, 4) is 0 Å². The molecule has 0 amide bonds. The van der Waals surface area contributed by atoms with Gasteiger partial charge in [-0.05, 0) is 110 Å². The lowest BCUT2D eigenvalue weighted by Gasteiger charge is -2.57. The van der Waals surface area contributed by atoms with Crippen molar-refractivity contribution in [2.75, 3.05) is 0 Å². The van der Waals surface area contributed by atoms with Gasteiger partial charge in [-0.2, -0.15) is 0 Å². The Kier molecular flexibility index (Phi) is 6.59. The molecule has 1 heteroatoms. The summed E-state index contributed by atoms with van der Waals surface area (Å²) >= 11 is 0. The van der Waals surface area contributed by atoms with Gasteiger partial charge >= 0.3 is 0 Å². The highest BCUT2D eigenvalue weighted by molar-refractivity contribution is 5.36. The molecular formula is C30H50O. The molecule has 176 valence electrons. The highest BCUT2D eigenvalue weighted by atomic mass is 16.3. The molecule has 1 nitrogen and oxygen atoms in total. The molecule has 8 atom stereocenters. The number of allylic oxidation sites excluding steroid dienone is 2. The van der Waals surface area contributed by atoms with Gasteiger partial charge in [-0.25, -0.2) is 0 Å². The first kappa shape index (κ1) is 23.6. The molecule has 0 aromatic carbocycles. The minimum absolute atomic E-state index is 0.254. The molecule has 6 unspecified atom stereocenters. The van der Waals surface area contributed by atoms with E-state index in [1.807, 2.05) is 11.1 Å². The van der Waals surface area contributed by atoms with Gasteiger partial charge in [-0.1, -0.05) is 72.1 Å². The van der Waals surface area contributed by atoms with Crippen molar-refractivity contribution in [2.24, 2.45) is 46.3 Å². The van der Waals surface area contributed by atoms with Crippen LogP contribution in [0.5, 0.6) is 0 Å². The van der Waals surface area contributed by atoms with E-state index >= 15 is 0 Å². The summed E-state index contributed by atoms with van der Waals surface area (Å²) in [7, 11) is 0. The minimum atomic E-state index is -0.254. The third-order valence-electron chi connectivity index (χ3n) is 11.2. The van der Waals surface area contributed by atoms with Crippen LogP contribution in [0.25, 0.3) is 0 Å². The average Bonchev–Trinajstić information content (AvgIpc) is 3.08. The van der Waals surface area contributed by atoms with Gasteiger partial charge in [0.1, 0.15) is 0 Å². The maximum atomic E-state index is 10.4. The predicted molar refractivity (Wildman–Crippen MR) is 133 cm³/mol. The smallest absolute Gasteiger partial charge is 0.0750 e. The van der Waals surface area contributed by atoms with E-state index in [4.69, 9.17) is 0 Å². The molecule has 0 aromatic rings. The van der Waals surface area contributed by atoms with Crippen LogP contribution in [0.15, 0.2) is 23.3 Å². The van der Waals surface area contributed by atoms with Crippen LogP contribution in [-0.4, -0.2) is 11.2 Å². The van der Waals surface area contributed by atoms with Gasteiger partial charge in [0.2, 0.25) is 0 Å². The Bertz CT molecular complexity index is 716. The minimum Gasteiger partial charge on any atom is -0.389 e. The second-order valence-electron chi connectivity index (χ2n) is 12.9. The highest BCUT2D eigenvalue weighted by Crippen LogP contribution is 2.66. The van der Waals surface area contributed by atoms with Gasteiger partial charge in [0, 0.05) is 0 Å². The van der Waals surface area contributed by atoms with Crippen molar-refractivity contribution >= 4 is 0 Å². The van der Waals surface area contributed by atoms with Gasteiger partial charge in [-0.15, -0.1) is 0 Å². The van der Waals surface area contributed by atoms with E-state index in [1.165, 1.54) is 64.2 Å². The van der Waals surface area contributed by atoms with Crippen LogP contribution in [0.3, 0.4) is 0 Å². The topological polar surface area (TPSA) is 20.2 Å². The average molecular weight is 427 g/mol. The van der Waals surface area contributed by atoms with Crippen LogP contribution in [0.1, 0.15) is 112 Å². The van der Waals surface area contributed by atoms with E-state index in [0.717, 1.165) is 41.6 Å². The second kappa shape index (κ2) is 8.66. The predicted octanol–water partition coefficient (Wildman–Crippen LogP) is 8.34. The van der Waals surface area contributed by atoms with Gasteiger partial charge < -0.3 is 5.11 Å². The zero-order valence-electron chi connectivity index (χ0n) is 21.5. The molecule has 0 spiro atoms. The van der Waals surface area contributed by atoms with E-state index in [-0.39, 0.29) is 6.10 Å². The van der Waals surface area contributed by atoms with E-state index in [0.29, 0.717) is 16.7 Å². The van der Waals surface area contributed by atoms with E-state index in [2.05, 4.69) is 48.1 Å². The summed E-state index contributed by atoms with van der Waals surface area (Å²) in [5, 5.41) is 10.4. The highest BCUT2D eigenvalue weighted by Gasteiger charge is 2.56. The molecule has 0 aromatic heterocycles. The van der Waals surface area contributed by atoms with Crippen molar-refractivity contribution in [3.63, 3.8) is 0 Å². The Balaban J connectivity index is 1.54. The summed E-state index contributed by atoms with van der Waals surface area (Å²) in [6, 6.07) is 0. The molecule has 0 radical (unpaired) electrons. The summed E-state index contributed by atoms with van der Waals surface area (Å²) in [5.41, 5.74) is 5.72. The summed E-state index contributed by atoms with van der Waals surface area (Å²) in [6.45, 7) is 19.3. The SMILES string of the molecule is C=C1C(O)CCC2(C)C1CCC1=C3CCC([C@H](C)CC[C@H](CC)C(C)C)C3(C)CCC12. The Morgan fingerprint density at radius 1 is 0.968 bits per heavy atom. The van der Waals surface area contributed by atoms with Crippen molar-refractivity contribution in [1.29, 1.82) is 0 Å². The Labute approximate surface area is 193 Å². The molecule has 0 bridgehead atoms. The standard InChI is InChI=1S/C30H50O/c1-8-22(19(2)3)10-9-20(4)24-13-14-26-23-11-12-25-21(5)28(31)16-18-30(25,7)27(23)15-17-29(24,26)6/h19-20,22,24-25,27-28,31H,5,8-18H2,1-4,6-7H3/t20-,22+,24?,25?,27?,28?,29?,30?/m1/s1. The number of aliphatic hydroxyl groups excluding tert-OH is 1. The maximum Gasteiger partial charge on any atom is 0.0750 e. The Morgan fingerprint density at radius 2 is 1.71 bits per heavy atom. The fourth-order valence-electron chi connectivity index (χ4n) is 9.17. The molecule has 0 heterocycles. The maximum absolute atomic E-state index is 10.4. The van der Waals surface area contributed by atoms with Crippen LogP contribution in [0.2, 0.25) is 0 Å². The van der Waals surface area contributed by atoms with Crippen LogP contribution in [0.4, 0.5) is 0 Å². The second-order valence-corrected chi connectivity index (χ2v) is 12.9. The molecule has 31 heavy (non-hydrogen) atoms. The van der Waals surface area contributed by atoms with Crippen molar-refractivity contribution in [2.45, 2.75) is 118 Å². The molecule has 3 fully saturated rings. The van der Waals surface area contributed by atoms with E-state index < -0.39 is 0 Å². The lowest BCUT2D eigenvalue weighted by Crippen LogP contribution is -2.49. The molecule has 1 N–H and O–H groups in total. The van der Waals surface area contributed by atoms with Gasteiger partial charge in [0.15, 0.2) is 0 Å². The summed E-state index contributed by atoms with van der Waals surface area (Å²) in [5.74, 6) is 4.74. The zero-order chi connectivity index (χ0) is 22.6. The molecule has 3 saturated carbocycles. The Hall–Kier alpha value is -0.560. The number of hydrogen-bond acceptors (Lipinski definition) is 1. The van der Waals surface area contributed by atoms with Crippen molar-refractivity contribution in [1.82, 2.24) is 0 Å². The normalized spacial score (nSPS) is 42.3. The number of fused-ring (bicyclic) bond motifs is 4. The fraction of sp³-hybridized carbons (Fsp3) is 0.867. The third-order valence-corrected chi connectivity index (χ3v) is 11.2. The lowest BCUT2D eigenvalue weighted by atomic mass is 9.48. The molecular weight excluding hydrogens is 376 g/mol. The fourth-order valence-corrected chi connectivity index (χ4v) is 9.17. The molecule has 4 rings (SSSR count). The number of aliphatic hydroxyl groups is 1. The summed E-state index contributed by atoms with van der Waals surface area (Å²) in [4.78, 5) is 0. The first-order chi connectivity index (χ1) is 14.6. The molecule has 4 aliphatic carbocycles. The van der Waals surface area contributed by atoms with E-state index in [9.17, 15) is 5.11 Å². The molecule has 0 saturated heterocycles. The van der Waals surface area contributed by atoms with E-state index in [1.54, 1.807) is 0 Å². The van der Waals surface area contributed by atoms with Crippen molar-refractivity contribution < 1.29 is 5.11 Å². The lowest BCUT2D eigenvalue weighted by molar-refractivity contribution is 0.00280. The van der Waals surface area contributed by atoms with Crippen LogP contribution >= 0.6 is 0 Å². The van der Waals surface area contributed by atoms with Crippen LogP contribution in [-0.2, 0) is 0 Å². The third kappa shape index (κ3) is 3.79. The number of rotatable bonds is 6. The van der Waals surface area contributed by atoms with Gasteiger partial charge in [0.05, 0.1) is 6.10 Å². The molecule has 0 aliphatic heterocycles. The number of hydrogen-bond donors (Lipinski definition) is 1. The first-order valence-electron chi connectivity index (χ1n) is 13.7. The largest absolute Gasteiger partial charge is 0.389 e. The molecule has 4 aliphatic rings. The summed E-state index contributed by atoms with van der Waals surface area (Å²) in [6.07, 6.45) is 14.1. The van der Waals surface area contributed by atoms with Crippen LogP contribution in [0, 0.1) is 46.3 Å². The monoisotopic (exact) mass is 426 g/mol. The summed E-state index contributed by atoms with van der Waals surface area (Å²) < 4.78 is 0. The van der Waals surface area contributed by atoms with Crippen LogP contribution < -0.4 is 0 Å². The van der Waals surface area contributed by atoms with Crippen molar-refractivity contribution in [3.05, 3.63) is 23.3 Å². The van der Waals surface area contributed by atoms with Gasteiger partial charge in [-0.3, -0.25) is 0 Å². The first-order valence-corrected chi connectivity index (χ1v) is 13.7. The Morgan fingerprint density at radius 3 is 2.39 bits per heavy atom. The zero-order valence-corrected chi connectivity index (χ0v) is 21.5. The van der Waals surface area contributed by atoms with Gasteiger partial charge in [0.25, 0.3) is 0 Å².